The zero-order valence-electron chi connectivity index (χ0n) is 19.5. The van der Waals surface area contributed by atoms with E-state index >= 15 is 0 Å². The highest BCUT2D eigenvalue weighted by atomic mass is 16.3. The molecule has 0 aliphatic heterocycles. The van der Waals surface area contributed by atoms with E-state index in [1.54, 1.807) is 24.6 Å². The van der Waals surface area contributed by atoms with Crippen molar-refractivity contribution in [2.24, 2.45) is 10.2 Å². The molecule has 2 N–H and O–H groups in total. The quantitative estimate of drug-likeness (QED) is 0.220. The molecule has 0 spiro atoms. The number of hydrazone groups is 2. The predicted octanol–water partition coefficient (Wildman–Crippen LogP) is 5.45. The Kier molecular flexibility index (Phi) is 11.7. The first-order valence-corrected chi connectivity index (χ1v) is 11.6. The van der Waals surface area contributed by atoms with Gasteiger partial charge in [-0.05, 0) is 37.1 Å². The molecule has 0 aromatic heterocycles. The molecule has 2 aromatic rings. The van der Waals surface area contributed by atoms with Gasteiger partial charge < -0.3 is 20.2 Å². The molecular weight excluding hydrogens is 400 g/mol. The molecule has 0 unspecified atom stereocenters. The highest BCUT2D eigenvalue weighted by Gasteiger charge is 1.99. The van der Waals surface area contributed by atoms with E-state index < -0.39 is 0 Å². The van der Waals surface area contributed by atoms with Crippen LogP contribution in [0.2, 0.25) is 0 Å². The number of rotatable bonds is 15. The minimum Gasteiger partial charge on any atom is -0.507 e. The molecule has 6 nitrogen and oxygen atoms in total. The summed E-state index contributed by atoms with van der Waals surface area (Å²) in [4.78, 5) is 0. The summed E-state index contributed by atoms with van der Waals surface area (Å²) in [5, 5.41) is 32.2. The van der Waals surface area contributed by atoms with Gasteiger partial charge in [-0.25, -0.2) is 0 Å². The zero-order chi connectivity index (χ0) is 23.0. The molecular formula is C26H38N4O2. The molecule has 0 amide bonds. The second-order valence-corrected chi connectivity index (χ2v) is 8.20. The Morgan fingerprint density at radius 3 is 1.31 bits per heavy atom. The largest absolute Gasteiger partial charge is 0.507 e. The molecule has 0 fully saturated rings. The molecule has 0 aliphatic rings. The second-order valence-electron chi connectivity index (χ2n) is 8.20. The average molecular weight is 439 g/mol. The molecule has 0 saturated carbocycles. The second kappa shape index (κ2) is 14.9. The van der Waals surface area contributed by atoms with Gasteiger partial charge in [-0.15, -0.1) is 0 Å². The molecule has 0 heterocycles. The predicted molar refractivity (Wildman–Crippen MR) is 134 cm³/mol. The van der Waals surface area contributed by atoms with E-state index in [2.05, 4.69) is 10.2 Å². The Hall–Kier alpha value is -3.02. The molecule has 0 saturated heterocycles. The van der Waals surface area contributed by atoms with Crippen LogP contribution in [0.1, 0.15) is 62.5 Å². The molecule has 0 atom stereocenters. The van der Waals surface area contributed by atoms with Crippen molar-refractivity contribution >= 4 is 12.4 Å². The first-order chi connectivity index (χ1) is 15.6. The number of aromatic hydroxyl groups is 2. The topological polar surface area (TPSA) is 71.7 Å². The van der Waals surface area contributed by atoms with E-state index in [-0.39, 0.29) is 11.5 Å². The molecule has 2 aromatic carbocycles. The van der Waals surface area contributed by atoms with E-state index in [0.29, 0.717) is 0 Å². The van der Waals surface area contributed by atoms with Gasteiger partial charge in [-0.2, -0.15) is 10.2 Å². The van der Waals surface area contributed by atoms with Gasteiger partial charge in [-0.1, -0.05) is 62.8 Å². The van der Waals surface area contributed by atoms with Crippen LogP contribution in [-0.4, -0.2) is 59.8 Å². The van der Waals surface area contributed by atoms with Crippen LogP contribution in [-0.2, 0) is 0 Å². The summed E-state index contributed by atoms with van der Waals surface area (Å²) in [6.07, 6.45) is 13.2. The molecule has 0 radical (unpaired) electrons. The van der Waals surface area contributed by atoms with Gasteiger partial charge >= 0.3 is 0 Å². The summed E-state index contributed by atoms with van der Waals surface area (Å²) < 4.78 is 0. The zero-order valence-corrected chi connectivity index (χ0v) is 19.5. The summed E-state index contributed by atoms with van der Waals surface area (Å²) in [5.41, 5.74) is 1.49. The van der Waals surface area contributed by atoms with Crippen molar-refractivity contribution in [2.75, 3.05) is 27.2 Å². The monoisotopic (exact) mass is 438 g/mol. The van der Waals surface area contributed by atoms with Gasteiger partial charge in [0.05, 0.1) is 12.4 Å². The standard InChI is InChI=1S/C26H38N4O2/c1-29(27-21-23-15-9-11-17-25(23)31)19-13-7-5-3-4-6-8-14-20-30(2)28-22-24-16-10-12-18-26(24)32/h9-12,15-18,21-22,31-32H,3-8,13-14,19-20H2,1-2H3/b27-21+,28-22+. The van der Waals surface area contributed by atoms with Gasteiger partial charge in [0, 0.05) is 38.3 Å². The van der Waals surface area contributed by atoms with E-state index in [1.165, 1.54) is 38.5 Å². The van der Waals surface area contributed by atoms with E-state index in [1.807, 2.05) is 60.5 Å². The Morgan fingerprint density at radius 2 is 0.938 bits per heavy atom. The number of unbranched alkanes of at least 4 members (excludes halogenated alkanes) is 7. The van der Waals surface area contributed by atoms with E-state index in [4.69, 9.17) is 0 Å². The normalized spacial score (nSPS) is 11.4. The summed E-state index contributed by atoms with van der Waals surface area (Å²) in [7, 11) is 3.94. The molecule has 6 heteroatoms. The summed E-state index contributed by atoms with van der Waals surface area (Å²) in [5.74, 6) is 0.521. The minimum atomic E-state index is 0.261. The highest BCUT2D eigenvalue weighted by molar-refractivity contribution is 5.83. The Labute approximate surface area is 192 Å². The average Bonchev–Trinajstić information content (AvgIpc) is 2.79. The summed E-state index contributed by atoms with van der Waals surface area (Å²) >= 11 is 0. The maximum Gasteiger partial charge on any atom is 0.124 e. The van der Waals surface area contributed by atoms with Crippen LogP contribution >= 0.6 is 0 Å². The Morgan fingerprint density at radius 1 is 0.594 bits per heavy atom. The van der Waals surface area contributed by atoms with Crippen molar-refractivity contribution in [1.29, 1.82) is 0 Å². The van der Waals surface area contributed by atoms with Crippen LogP contribution in [0.3, 0.4) is 0 Å². The number of benzene rings is 2. The van der Waals surface area contributed by atoms with Crippen LogP contribution in [0.5, 0.6) is 11.5 Å². The Balaban J connectivity index is 1.43. The lowest BCUT2D eigenvalue weighted by Gasteiger charge is -2.13. The lowest BCUT2D eigenvalue weighted by molar-refractivity contribution is 0.339. The van der Waals surface area contributed by atoms with Crippen molar-refractivity contribution in [3.63, 3.8) is 0 Å². The third-order valence-electron chi connectivity index (χ3n) is 5.37. The van der Waals surface area contributed by atoms with Crippen LogP contribution in [0.15, 0.2) is 58.7 Å². The maximum atomic E-state index is 9.75. The number of para-hydroxylation sites is 2. The van der Waals surface area contributed by atoms with Crippen molar-refractivity contribution < 1.29 is 10.2 Å². The number of phenolic OH excluding ortho intramolecular Hbond substituents is 2. The van der Waals surface area contributed by atoms with E-state index in [9.17, 15) is 10.2 Å². The number of hydrogen-bond acceptors (Lipinski definition) is 6. The van der Waals surface area contributed by atoms with Crippen molar-refractivity contribution in [3.8, 4) is 11.5 Å². The lowest BCUT2D eigenvalue weighted by Crippen LogP contribution is -2.13. The maximum absolute atomic E-state index is 9.75. The van der Waals surface area contributed by atoms with Crippen molar-refractivity contribution in [2.45, 2.75) is 51.4 Å². The fourth-order valence-corrected chi connectivity index (χ4v) is 3.37. The van der Waals surface area contributed by atoms with Gasteiger partial charge in [0.1, 0.15) is 11.5 Å². The van der Waals surface area contributed by atoms with E-state index in [0.717, 1.165) is 37.1 Å². The smallest absolute Gasteiger partial charge is 0.124 e. The van der Waals surface area contributed by atoms with Crippen molar-refractivity contribution in [1.82, 2.24) is 10.0 Å². The minimum absolute atomic E-state index is 0.261. The third kappa shape index (κ3) is 10.3. The van der Waals surface area contributed by atoms with Gasteiger partial charge in [0.15, 0.2) is 0 Å². The fraction of sp³-hybridized carbons (Fsp3) is 0.462. The SMILES string of the molecule is CN(CCCCCCCCCCN(C)/N=C/c1ccccc1O)/N=C/c1ccccc1O. The van der Waals surface area contributed by atoms with Crippen LogP contribution in [0.25, 0.3) is 0 Å². The Bertz CT molecular complexity index is 769. The van der Waals surface area contributed by atoms with Crippen LogP contribution < -0.4 is 0 Å². The molecule has 32 heavy (non-hydrogen) atoms. The molecule has 174 valence electrons. The summed E-state index contributed by atoms with van der Waals surface area (Å²) in [6, 6.07) is 14.5. The first-order valence-electron chi connectivity index (χ1n) is 11.6. The van der Waals surface area contributed by atoms with Crippen LogP contribution in [0.4, 0.5) is 0 Å². The third-order valence-corrected chi connectivity index (χ3v) is 5.37. The first kappa shape index (κ1) is 25.2. The van der Waals surface area contributed by atoms with Crippen LogP contribution in [0, 0.1) is 0 Å². The van der Waals surface area contributed by atoms with Gasteiger partial charge in [0.2, 0.25) is 0 Å². The number of hydrogen-bond donors (Lipinski definition) is 2. The highest BCUT2D eigenvalue weighted by Crippen LogP contribution is 2.14. The number of phenols is 2. The van der Waals surface area contributed by atoms with Gasteiger partial charge in [-0.3, -0.25) is 0 Å². The molecule has 0 bridgehead atoms. The van der Waals surface area contributed by atoms with Gasteiger partial charge in [0.25, 0.3) is 0 Å². The molecule has 2 rings (SSSR count). The lowest BCUT2D eigenvalue weighted by atomic mass is 10.1. The summed E-state index contributed by atoms with van der Waals surface area (Å²) in [6.45, 7) is 1.86. The van der Waals surface area contributed by atoms with Crippen molar-refractivity contribution in [3.05, 3.63) is 59.7 Å². The fourth-order valence-electron chi connectivity index (χ4n) is 3.37. The molecule has 0 aliphatic carbocycles. The number of nitrogens with zero attached hydrogens (tertiary/aromatic N) is 4.